The van der Waals surface area contributed by atoms with Crippen LogP contribution < -0.4 is 5.32 Å². The number of nitrogens with one attached hydrogen (secondary N) is 1. The van der Waals surface area contributed by atoms with Gasteiger partial charge in [-0.05, 0) is 44.4 Å². The third kappa shape index (κ3) is 4.00. The molecule has 0 aromatic heterocycles. The second-order valence-electron chi connectivity index (χ2n) is 5.18. The summed E-state index contributed by atoms with van der Waals surface area (Å²) < 4.78 is 0. The van der Waals surface area contributed by atoms with Gasteiger partial charge in [-0.15, -0.1) is 0 Å². The topological polar surface area (TPSA) is 35.5 Å². The van der Waals surface area contributed by atoms with E-state index in [0.717, 1.165) is 31.5 Å². The summed E-state index contributed by atoms with van der Waals surface area (Å²) in [6, 6.07) is 5.86. The van der Waals surface area contributed by atoms with Gasteiger partial charge in [0.1, 0.15) is 5.75 Å². The van der Waals surface area contributed by atoms with E-state index in [1.54, 1.807) is 6.07 Å². The molecule has 0 aliphatic carbocycles. The first-order chi connectivity index (χ1) is 8.75. The van der Waals surface area contributed by atoms with Crippen LogP contribution in [-0.4, -0.2) is 42.7 Å². The van der Waals surface area contributed by atoms with Crippen LogP contribution in [0.3, 0.4) is 0 Å². The van der Waals surface area contributed by atoms with E-state index in [1.165, 1.54) is 31.6 Å². The smallest absolute Gasteiger partial charge is 0.118 e. The lowest BCUT2D eigenvalue weighted by atomic mass is 10.0. The zero-order chi connectivity index (χ0) is 12.8. The highest BCUT2D eigenvalue weighted by Crippen LogP contribution is 2.20. The van der Waals surface area contributed by atoms with Crippen molar-refractivity contribution in [2.75, 3.05) is 32.7 Å². The lowest BCUT2D eigenvalue weighted by Crippen LogP contribution is -2.43. The lowest BCUT2D eigenvalue weighted by molar-refractivity contribution is 0.237. The maximum Gasteiger partial charge on any atom is 0.118 e. The van der Waals surface area contributed by atoms with Crippen molar-refractivity contribution < 1.29 is 5.11 Å². The van der Waals surface area contributed by atoms with Crippen molar-refractivity contribution in [1.29, 1.82) is 0 Å². The number of phenolic OH excluding ortho intramolecular Hbond substituents is 1. The van der Waals surface area contributed by atoms with Gasteiger partial charge in [0.2, 0.25) is 0 Å². The van der Waals surface area contributed by atoms with Gasteiger partial charge in [0.25, 0.3) is 0 Å². The minimum atomic E-state index is 0.447. The summed E-state index contributed by atoms with van der Waals surface area (Å²) >= 11 is 0. The predicted molar refractivity (Wildman–Crippen MR) is 75.1 cm³/mol. The van der Waals surface area contributed by atoms with E-state index in [2.05, 4.69) is 23.2 Å². The first kappa shape index (κ1) is 13.4. The third-order valence-electron chi connectivity index (χ3n) is 3.62. The van der Waals surface area contributed by atoms with Crippen LogP contribution in [0.4, 0.5) is 0 Å². The van der Waals surface area contributed by atoms with Gasteiger partial charge in [-0.1, -0.05) is 17.7 Å². The Labute approximate surface area is 110 Å². The molecule has 0 amide bonds. The molecule has 0 saturated carbocycles. The van der Waals surface area contributed by atoms with E-state index in [4.69, 9.17) is 0 Å². The van der Waals surface area contributed by atoms with Crippen LogP contribution in [0.25, 0.3) is 0 Å². The molecule has 0 spiro atoms. The Morgan fingerprint density at radius 2 is 2.00 bits per heavy atom. The number of hydrogen-bond donors (Lipinski definition) is 2. The molecule has 100 valence electrons. The monoisotopic (exact) mass is 248 g/mol. The molecule has 1 aliphatic heterocycles. The maximum absolute atomic E-state index is 9.76. The highest BCUT2D eigenvalue weighted by molar-refractivity contribution is 5.35. The number of hydrogen-bond acceptors (Lipinski definition) is 3. The fraction of sp³-hybridized carbons (Fsp3) is 0.600. The van der Waals surface area contributed by atoms with Gasteiger partial charge in [-0.3, -0.25) is 0 Å². The Kier molecular flexibility index (Phi) is 5.02. The highest BCUT2D eigenvalue weighted by Gasteiger charge is 2.08. The average molecular weight is 248 g/mol. The molecule has 0 bridgehead atoms. The minimum Gasteiger partial charge on any atom is -0.508 e. The number of nitrogens with zero attached hydrogens (tertiary/aromatic N) is 1. The normalized spacial score (nSPS) is 16.9. The summed E-state index contributed by atoms with van der Waals surface area (Å²) in [4.78, 5) is 2.52. The van der Waals surface area contributed by atoms with E-state index < -0.39 is 0 Å². The van der Waals surface area contributed by atoms with Crippen molar-refractivity contribution in [1.82, 2.24) is 10.2 Å². The van der Waals surface area contributed by atoms with E-state index in [1.807, 2.05) is 6.07 Å². The number of benzene rings is 1. The summed E-state index contributed by atoms with van der Waals surface area (Å²) in [5.41, 5.74) is 2.32. The van der Waals surface area contributed by atoms with Gasteiger partial charge in [-0.25, -0.2) is 0 Å². The first-order valence-electron chi connectivity index (χ1n) is 6.97. The van der Waals surface area contributed by atoms with Crippen LogP contribution in [0, 0.1) is 6.92 Å². The Hall–Kier alpha value is -1.06. The minimum absolute atomic E-state index is 0.447. The number of phenols is 1. The molecular weight excluding hydrogens is 224 g/mol. The van der Waals surface area contributed by atoms with E-state index in [0.29, 0.717) is 5.75 Å². The fourth-order valence-corrected chi connectivity index (χ4v) is 2.50. The van der Waals surface area contributed by atoms with Crippen molar-refractivity contribution >= 4 is 0 Å². The van der Waals surface area contributed by atoms with E-state index in [-0.39, 0.29) is 0 Å². The molecule has 2 rings (SSSR count). The molecule has 1 fully saturated rings. The number of rotatable bonds is 5. The second-order valence-corrected chi connectivity index (χ2v) is 5.18. The maximum atomic E-state index is 9.76. The third-order valence-corrected chi connectivity index (χ3v) is 3.62. The van der Waals surface area contributed by atoms with Crippen LogP contribution in [0.15, 0.2) is 18.2 Å². The summed E-state index contributed by atoms with van der Waals surface area (Å²) in [5, 5.41) is 13.1. The Bertz CT molecular complexity index is 373. The van der Waals surface area contributed by atoms with Crippen LogP contribution in [0.5, 0.6) is 5.75 Å². The Balaban J connectivity index is 1.69. The van der Waals surface area contributed by atoms with Crippen LogP contribution in [-0.2, 0) is 6.42 Å². The molecule has 1 saturated heterocycles. The molecule has 2 N–H and O–H groups in total. The standard InChI is InChI=1S/C15H24N2O/c1-13-5-6-15(18)14(12-13)4-2-3-9-17-10-7-16-8-11-17/h5-6,12,16,18H,2-4,7-11H2,1H3. The number of piperazine rings is 1. The van der Waals surface area contributed by atoms with Gasteiger partial charge in [0.05, 0.1) is 0 Å². The zero-order valence-corrected chi connectivity index (χ0v) is 11.3. The number of aromatic hydroxyl groups is 1. The number of aryl methyl sites for hydroxylation is 2. The molecule has 3 nitrogen and oxygen atoms in total. The van der Waals surface area contributed by atoms with Crippen LogP contribution in [0.1, 0.15) is 24.0 Å². The predicted octanol–water partition coefficient (Wildman–Crippen LogP) is 1.93. The summed E-state index contributed by atoms with van der Waals surface area (Å²) in [5.74, 6) is 0.447. The van der Waals surface area contributed by atoms with Gasteiger partial charge < -0.3 is 15.3 Å². The van der Waals surface area contributed by atoms with Crippen molar-refractivity contribution in [2.45, 2.75) is 26.2 Å². The SMILES string of the molecule is Cc1ccc(O)c(CCCCN2CCNCC2)c1. The van der Waals surface area contributed by atoms with Gasteiger partial charge >= 0.3 is 0 Å². The van der Waals surface area contributed by atoms with Crippen LogP contribution >= 0.6 is 0 Å². The molecule has 18 heavy (non-hydrogen) atoms. The molecule has 0 radical (unpaired) electrons. The van der Waals surface area contributed by atoms with Crippen molar-refractivity contribution in [3.63, 3.8) is 0 Å². The number of unbranched alkanes of at least 4 members (excludes halogenated alkanes) is 1. The van der Waals surface area contributed by atoms with Crippen molar-refractivity contribution in [2.24, 2.45) is 0 Å². The summed E-state index contributed by atoms with van der Waals surface area (Å²) in [6.45, 7) is 7.86. The lowest BCUT2D eigenvalue weighted by Gasteiger charge is -2.27. The van der Waals surface area contributed by atoms with Gasteiger partial charge in [-0.2, -0.15) is 0 Å². The Morgan fingerprint density at radius 3 is 2.78 bits per heavy atom. The summed E-state index contributed by atoms with van der Waals surface area (Å²) in [6.07, 6.45) is 3.36. The van der Waals surface area contributed by atoms with Crippen molar-refractivity contribution in [3.8, 4) is 5.75 Å². The summed E-state index contributed by atoms with van der Waals surface area (Å²) in [7, 11) is 0. The molecule has 0 atom stereocenters. The van der Waals surface area contributed by atoms with Gasteiger partial charge in [0, 0.05) is 26.2 Å². The zero-order valence-electron chi connectivity index (χ0n) is 11.3. The average Bonchev–Trinajstić information content (AvgIpc) is 2.40. The molecule has 1 aromatic rings. The van der Waals surface area contributed by atoms with Crippen molar-refractivity contribution in [3.05, 3.63) is 29.3 Å². The second kappa shape index (κ2) is 6.76. The molecule has 1 heterocycles. The molecular formula is C15H24N2O. The fourth-order valence-electron chi connectivity index (χ4n) is 2.50. The van der Waals surface area contributed by atoms with Gasteiger partial charge in [0.15, 0.2) is 0 Å². The Morgan fingerprint density at radius 1 is 1.22 bits per heavy atom. The van der Waals surface area contributed by atoms with Crippen LogP contribution in [0.2, 0.25) is 0 Å². The molecule has 3 heteroatoms. The molecule has 0 unspecified atom stereocenters. The van der Waals surface area contributed by atoms with E-state index >= 15 is 0 Å². The molecule has 1 aromatic carbocycles. The quantitative estimate of drug-likeness (QED) is 0.782. The van der Waals surface area contributed by atoms with E-state index in [9.17, 15) is 5.11 Å². The highest BCUT2D eigenvalue weighted by atomic mass is 16.3. The largest absolute Gasteiger partial charge is 0.508 e. The first-order valence-corrected chi connectivity index (χ1v) is 6.97. The molecule has 1 aliphatic rings.